The van der Waals surface area contributed by atoms with Gasteiger partial charge >= 0.3 is 0 Å². The van der Waals surface area contributed by atoms with Crippen molar-refractivity contribution in [2.45, 2.75) is 51.0 Å². The topological polar surface area (TPSA) is 90.0 Å². The van der Waals surface area contributed by atoms with Crippen molar-refractivity contribution in [2.75, 3.05) is 23.3 Å². The normalized spacial score (nSPS) is 19.3. The molecule has 5 rings (SSSR count). The number of hydrogen-bond donors (Lipinski definition) is 3. The van der Waals surface area contributed by atoms with Gasteiger partial charge in [-0.15, -0.1) is 11.3 Å². The third-order valence-corrected chi connectivity index (χ3v) is 6.64. The third-order valence-electron chi connectivity index (χ3n) is 5.72. The molecule has 8 heteroatoms. The van der Waals surface area contributed by atoms with Crippen LogP contribution < -0.4 is 10.2 Å². The maximum atomic E-state index is 9.64. The minimum atomic E-state index is -0.222. The highest BCUT2D eigenvalue weighted by atomic mass is 32.1. The van der Waals surface area contributed by atoms with Gasteiger partial charge in [-0.2, -0.15) is 10.1 Å². The molecule has 1 unspecified atom stereocenters. The second-order valence-corrected chi connectivity index (χ2v) is 9.05. The van der Waals surface area contributed by atoms with Crippen molar-refractivity contribution in [3.05, 3.63) is 23.2 Å². The Morgan fingerprint density at radius 3 is 2.86 bits per heavy atom. The van der Waals surface area contributed by atoms with E-state index in [-0.39, 0.29) is 6.10 Å². The zero-order chi connectivity index (χ0) is 19.1. The smallest absolute Gasteiger partial charge is 0.227 e. The fourth-order valence-electron chi connectivity index (χ4n) is 4.05. The van der Waals surface area contributed by atoms with Gasteiger partial charge in [-0.3, -0.25) is 5.10 Å². The lowest BCUT2D eigenvalue weighted by Crippen LogP contribution is -2.35. The Hall–Kier alpha value is -2.19. The van der Waals surface area contributed by atoms with Gasteiger partial charge in [0.05, 0.1) is 16.3 Å². The number of piperidine rings is 1. The first-order chi connectivity index (χ1) is 13.7. The molecule has 0 aromatic carbocycles. The van der Waals surface area contributed by atoms with Gasteiger partial charge in [-0.1, -0.05) is 0 Å². The molecule has 1 aliphatic carbocycles. The van der Waals surface area contributed by atoms with Gasteiger partial charge in [0.2, 0.25) is 5.95 Å². The first kappa shape index (κ1) is 17.9. The summed E-state index contributed by atoms with van der Waals surface area (Å²) in [4.78, 5) is 11.9. The molecule has 3 aromatic rings. The Kier molecular flexibility index (Phi) is 4.68. The van der Waals surface area contributed by atoms with Gasteiger partial charge in [-0.25, -0.2) is 4.98 Å². The largest absolute Gasteiger partial charge is 0.393 e. The van der Waals surface area contributed by atoms with Crippen molar-refractivity contribution in [2.24, 2.45) is 5.92 Å². The van der Waals surface area contributed by atoms with Gasteiger partial charge in [-0.05, 0) is 56.4 Å². The highest BCUT2D eigenvalue weighted by molar-refractivity contribution is 7.17. The number of nitrogens with zero attached hydrogens (tertiary/aromatic N) is 4. The molecule has 1 saturated heterocycles. The molecule has 0 bridgehead atoms. The Bertz CT molecular complexity index is 955. The maximum absolute atomic E-state index is 9.64. The van der Waals surface area contributed by atoms with Gasteiger partial charge in [0.25, 0.3) is 0 Å². The summed E-state index contributed by atoms with van der Waals surface area (Å²) in [6.07, 6.45) is 5.30. The molecule has 1 saturated carbocycles. The number of rotatable bonds is 6. The van der Waals surface area contributed by atoms with Gasteiger partial charge in [0.15, 0.2) is 11.6 Å². The van der Waals surface area contributed by atoms with Crippen LogP contribution in [0.25, 0.3) is 10.2 Å². The number of fused-ring (bicyclic) bond motifs is 1. The lowest BCUT2D eigenvalue weighted by Gasteiger charge is -2.32. The van der Waals surface area contributed by atoms with Gasteiger partial charge in [0.1, 0.15) is 0 Å². The van der Waals surface area contributed by atoms with E-state index in [0.29, 0.717) is 11.8 Å². The molecular weight excluding hydrogens is 372 g/mol. The second kappa shape index (κ2) is 7.33. The molecule has 3 aromatic heterocycles. The van der Waals surface area contributed by atoms with E-state index >= 15 is 0 Å². The zero-order valence-corrected chi connectivity index (χ0v) is 16.9. The van der Waals surface area contributed by atoms with Gasteiger partial charge in [0, 0.05) is 30.8 Å². The first-order valence-corrected chi connectivity index (χ1v) is 11.0. The number of nitrogens with one attached hydrogen (secondary N) is 2. The van der Waals surface area contributed by atoms with E-state index in [0.717, 1.165) is 60.2 Å². The molecule has 1 atom stereocenters. The summed E-state index contributed by atoms with van der Waals surface area (Å²) in [7, 11) is 0. The average Bonchev–Trinajstić information content (AvgIpc) is 3.23. The van der Waals surface area contributed by atoms with Crippen molar-refractivity contribution < 1.29 is 5.11 Å². The van der Waals surface area contributed by atoms with Crippen LogP contribution in [-0.4, -0.2) is 44.5 Å². The van der Waals surface area contributed by atoms with Crippen LogP contribution in [0.1, 0.15) is 50.6 Å². The first-order valence-electron chi connectivity index (χ1n) is 10.2. The summed E-state index contributed by atoms with van der Waals surface area (Å²) >= 11 is 1.65. The standard InChI is InChI=1S/C20H26N6OS/c1-12(27)10-13-4-7-26(8-5-13)20-21-15-6-9-28-18(15)19(23-20)22-17-11-16(24-25-17)14-2-3-14/h6,9,11-14,27H,2-5,7-8,10H2,1H3,(H2,21,22,23,24,25). The molecular formula is C20H26N6OS. The van der Waals surface area contributed by atoms with Crippen molar-refractivity contribution in [3.63, 3.8) is 0 Å². The Morgan fingerprint density at radius 1 is 1.29 bits per heavy atom. The van der Waals surface area contributed by atoms with E-state index in [4.69, 9.17) is 9.97 Å². The second-order valence-electron chi connectivity index (χ2n) is 8.13. The van der Waals surface area contributed by atoms with Crippen molar-refractivity contribution >= 4 is 39.1 Å². The molecule has 28 heavy (non-hydrogen) atoms. The number of aliphatic hydroxyl groups excluding tert-OH is 1. The van der Waals surface area contributed by atoms with Crippen LogP contribution in [0.4, 0.5) is 17.6 Å². The molecule has 1 aliphatic heterocycles. The van der Waals surface area contributed by atoms with Crippen molar-refractivity contribution in [1.82, 2.24) is 20.2 Å². The van der Waals surface area contributed by atoms with E-state index in [9.17, 15) is 5.11 Å². The van der Waals surface area contributed by atoms with E-state index in [1.807, 2.05) is 6.92 Å². The summed E-state index contributed by atoms with van der Waals surface area (Å²) in [6, 6.07) is 4.15. The zero-order valence-electron chi connectivity index (χ0n) is 16.1. The number of hydrogen-bond acceptors (Lipinski definition) is 7. The molecule has 0 radical (unpaired) electrons. The molecule has 2 aliphatic rings. The molecule has 0 spiro atoms. The van der Waals surface area contributed by atoms with E-state index in [1.165, 1.54) is 18.5 Å². The fourth-order valence-corrected chi connectivity index (χ4v) is 4.83. The van der Waals surface area contributed by atoms with Crippen molar-refractivity contribution in [1.29, 1.82) is 0 Å². The minimum Gasteiger partial charge on any atom is -0.393 e. The van der Waals surface area contributed by atoms with Gasteiger partial charge < -0.3 is 15.3 Å². The fraction of sp³-hybridized carbons (Fsp3) is 0.550. The van der Waals surface area contributed by atoms with Crippen LogP contribution in [0.15, 0.2) is 17.5 Å². The van der Waals surface area contributed by atoms with E-state index in [1.54, 1.807) is 11.3 Å². The maximum Gasteiger partial charge on any atom is 0.227 e. The molecule has 7 nitrogen and oxygen atoms in total. The monoisotopic (exact) mass is 398 g/mol. The quantitative estimate of drug-likeness (QED) is 0.581. The molecule has 4 heterocycles. The Labute approximate surface area is 168 Å². The highest BCUT2D eigenvalue weighted by Crippen LogP contribution is 2.40. The Morgan fingerprint density at radius 2 is 2.11 bits per heavy atom. The predicted octanol–water partition coefficient (Wildman–Crippen LogP) is 4.02. The minimum absolute atomic E-state index is 0.222. The third kappa shape index (κ3) is 3.71. The van der Waals surface area contributed by atoms with Crippen LogP contribution in [-0.2, 0) is 0 Å². The summed E-state index contributed by atoms with van der Waals surface area (Å²) in [5.74, 6) is 3.66. The lowest BCUT2D eigenvalue weighted by molar-refractivity contribution is 0.151. The van der Waals surface area contributed by atoms with Crippen LogP contribution in [0, 0.1) is 5.92 Å². The highest BCUT2D eigenvalue weighted by Gasteiger charge is 2.26. The SMILES string of the molecule is CC(O)CC1CCN(c2nc(Nc3cc(C4CC4)[nH]n3)c3sccc3n2)CC1. The van der Waals surface area contributed by atoms with Crippen LogP contribution in [0.5, 0.6) is 0 Å². The van der Waals surface area contributed by atoms with Crippen molar-refractivity contribution in [3.8, 4) is 0 Å². The van der Waals surface area contributed by atoms with E-state index in [2.05, 4.69) is 37.9 Å². The number of H-pyrrole nitrogens is 1. The number of aromatic nitrogens is 4. The summed E-state index contributed by atoms with van der Waals surface area (Å²) < 4.78 is 1.06. The lowest BCUT2D eigenvalue weighted by atomic mass is 9.92. The molecule has 148 valence electrons. The summed E-state index contributed by atoms with van der Waals surface area (Å²) in [5, 5.41) is 22.7. The predicted molar refractivity (Wildman–Crippen MR) is 112 cm³/mol. The van der Waals surface area contributed by atoms with Crippen LogP contribution in [0.2, 0.25) is 0 Å². The average molecular weight is 399 g/mol. The van der Waals surface area contributed by atoms with Crippen LogP contribution >= 0.6 is 11.3 Å². The number of aromatic amines is 1. The molecule has 2 fully saturated rings. The Balaban J connectivity index is 1.36. The van der Waals surface area contributed by atoms with Crippen LogP contribution in [0.3, 0.4) is 0 Å². The molecule has 0 amide bonds. The van der Waals surface area contributed by atoms with E-state index < -0.39 is 0 Å². The molecule has 3 N–H and O–H groups in total. The number of aliphatic hydroxyl groups is 1. The number of anilines is 3. The number of thiophene rings is 1. The summed E-state index contributed by atoms with van der Waals surface area (Å²) in [6.45, 7) is 3.74. The summed E-state index contributed by atoms with van der Waals surface area (Å²) in [5.41, 5.74) is 2.18.